The zero-order chi connectivity index (χ0) is 13.7. The topological polar surface area (TPSA) is 62.1 Å². The van der Waals surface area contributed by atoms with Gasteiger partial charge in [-0.05, 0) is 37.7 Å². The van der Waals surface area contributed by atoms with E-state index in [4.69, 9.17) is 4.74 Å². The number of hydrogen-bond acceptors (Lipinski definition) is 4. The normalized spacial score (nSPS) is 13.5. The maximum Gasteiger partial charge on any atom is 0.412 e. The van der Waals surface area contributed by atoms with Crippen LogP contribution in [0.3, 0.4) is 0 Å². The Balaban J connectivity index is 2.06. The molecule has 0 radical (unpaired) electrons. The van der Waals surface area contributed by atoms with Gasteiger partial charge in [-0.3, -0.25) is 5.32 Å². The van der Waals surface area contributed by atoms with Crippen molar-refractivity contribution in [2.75, 3.05) is 11.9 Å². The van der Waals surface area contributed by atoms with Crippen LogP contribution in [-0.4, -0.2) is 12.7 Å². The number of nitrogens with zero attached hydrogens (tertiary/aromatic N) is 1. The van der Waals surface area contributed by atoms with Crippen LogP contribution < -0.4 is 5.32 Å². The van der Waals surface area contributed by atoms with E-state index < -0.39 is 6.09 Å². The first kappa shape index (κ1) is 13.9. The summed E-state index contributed by atoms with van der Waals surface area (Å²) in [5, 5.41) is 12.6. The summed E-state index contributed by atoms with van der Waals surface area (Å²) >= 11 is 1.52. The maximum atomic E-state index is 11.6. The molecule has 102 valence electrons. The highest BCUT2D eigenvalue weighted by atomic mass is 32.1. The molecule has 1 aromatic rings. The number of hydrogen-bond donors (Lipinski definition) is 1. The molecule has 0 fully saturated rings. The minimum Gasteiger partial charge on any atom is -0.449 e. The fourth-order valence-corrected chi connectivity index (χ4v) is 3.44. The molecule has 1 amide bonds. The predicted octanol–water partition coefficient (Wildman–Crippen LogP) is 3.85. The minimum absolute atomic E-state index is 0.426. The lowest BCUT2D eigenvalue weighted by Gasteiger charge is -2.09. The molecule has 2 rings (SSSR count). The van der Waals surface area contributed by atoms with Gasteiger partial charge in [0, 0.05) is 4.88 Å². The third-order valence-corrected chi connectivity index (χ3v) is 4.44. The Morgan fingerprint density at radius 2 is 2.26 bits per heavy atom. The highest BCUT2D eigenvalue weighted by Crippen LogP contribution is 2.37. The third-order valence-electron chi connectivity index (χ3n) is 3.23. The molecule has 1 aliphatic rings. The molecular formula is C14H18N2O2S. The van der Waals surface area contributed by atoms with Crippen molar-refractivity contribution >= 4 is 22.4 Å². The number of thiophene rings is 1. The largest absolute Gasteiger partial charge is 0.449 e. The standard InChI is InChI=1S/C14H18N2O2S/c1-2-3-8-18-14(17)16-13-11(9-15)10-6-4-5-7-12(10)19-13/h2-8H2,1H3,(H,16,17). The van der Waals surface area contributed by atoms with Crippen LogP contribution in [0.5, 0.6) is 0 Å². The molecule has 0 saturated carbocycles. The SMILES string of the molecule is CCCCOC(=O)Nc1sc2c(c1C#N)CCCC2. The van der Waals surface area contributed by atoms with E-state index in [0.29, 0.717) is 17.2 Å². The van der Waals surface area contributed by atoms with Crippen LogP contribution in [-0.2, 0) is 17.6 Å². The molecule has 0 bridgehead atoms. The van der Waals surface area contributed by atoms with Crippen LogP contribution >= 0.6 is 11.3 Å². The van der Waals surface area contributed by atoms with E-state index in [-0.39, 0.29) is 0 Å². The zero-order valence-corrected chi connectivity index (χ0v) is 11.9. The Kier molecular flexibility index (Phi) is 4.80. The Morgan fingerprint density at radius 1 is 1.47 bits per heavy atom. The lowest BCUT2D eigenvalue weighted by Crippen LogP contribution is -2.14. The zero-order valence-electron chi connectivity index (χ0n) is 11.1. The minimum atomic E-state index is -0.455. The summed E-state index contributed by atoms with van der Waals surface area (Å²) in [6.07, 6.45) is 5.65. The summed E-state index contributed by atoms with van der Waals surface area (Å²) in [5.74, 6) is 0. The highest BCUT2D eigenvalue weighted by molar-refractivity contribution is 7.16. The first-order valence-corrected chi connectivity index (χ1v) is 7.56. The summed E-state index contributed by atoms with van der Waals surface area (Å²) in [6.45, 7) is 2.47. The van der Waals surface area contributed by atoms with Crippen LogP contribution in [0.25, 0.3) is 0 Å². The number of nitrogens with one attached hydrogen (secondary N) is 1. The van der Waals surface area contributed by atoms with Crippen LogP contribution in [0.2, 0.25) is 0 Å². The van der Waals surface area contributed by atoms with Gasteiger partial charge >= 0.3 is 6.09 Å². The Bertz CT molecular complexity index is 502. The van der Waals surface area contributed by atoms with E-state index in [1.165, 1.54) is 22.6 Å². The Hall–Kier alpha value is -1.54. The van der Waals surface area contributed by atoms with Gasteiger partial charge in [-0.1, -0.05) is 13.3 Å². The van der Waals surface area contributed by atoms with E-state index in [1.54, 1.807) is 0 Å². The van der Waals surface area contributed by atoms with Gasteiger partial charge in [0.1, 0.15) is 11.1 Å². The monoisotopic (exact) mass is 278 g/mol. The fraction of sp³-hybridized carbons (Fsp3) is 0.571. The molecule has 0 saturated heterocycles. The van der Waals surface area contributed by atoms with Crippen molar-refractivity contribution in [2.24, 2.45) is 0 Å². The maximum absolute atomic E-state index is 11.6. The summed E-state index contributed by atoms with van der Waals surface area (Å²) in [5.41, 5.74) is 1.76. The van der Waals surface area contributed by atoms with Crippen molar-refractivity contribution in [3.05, 3.63) is 16.0 Å². The summed E-state index contributed by atoms with van der Waals surface area (Å²) < 4.78 is 5.07. The summed E-state index contributed by atoms with van der Waals surface area (Å²) in [4.78, 5) is 12.9. The number of amides is 1. The van der Waals surface area contributed by atoms with Gasteiger partial charge in [0.05, 0.1) is 12.2 Å². The van der Waals surface area contributed by atoms with Gasteiger partial charge in [-0.2, -0.15) is 5.26 Å². The second kappa shape index (κ2) is 6.58. The van der Waals surface area contributed by atoms with Crippen LogP contribution in [0, 0.1) is 11.3 Å². The Morgan fingerprint density at radius 3 is 3.00 bits per heavy atom. The number of aryl methyl sites for hydroxylation is 1. The fourth-order valence-electron chi connectivity index (χ4n) is 2.21. The van der Waals surface area contributed by atoms with Crippen LogP contribution in [0.15, 0.2) is 0 Å². The van der Waals surface area contributed by atoms with E-state index in [1.807, 2.05) is 6.92 Å². The van der Waals surface area contributed by atoms with Gasteiger partial charge < -0.3 is 4.74 Å². The number of carbonyl (C=O) groups excluding carboxylic acids is 1. The molecule has 1 aliphatic carbocycles. The predicted molar refractivity (Wildman–Crippen MR) is 75.6 cm³/mol. The second-order valence-corrected chi connectivity index (χ2v) is 5.75. The van der Waals surface area contributed by atoms with Gasteiger partial charge in [0.15, 0.2) is 0 Å². The molecule has 0 aliphatic heterocycles. The second-order valence-electron chi connectivity index (χ2n) is 4.64. The molecule has 0 atom stereocenters. The summed E-state index contributed by atoms with van der Waals surface area (Å²) in [7, 11) is 0. The number of rotatable bonds is 4. The molecule has 1 N–H and O–H groups in total. The molecule has 0 spiro atoms. The quantitative estimate of drug-likeness (QED) is 0.851. The van der Waals surface area contributed by atoms with E-state index in [0.717, 1.165) is 37.7 Å². The highest BCUT2D eigenvalue weighted by Gasteiger charge is 2.21. The van der Waals surface area contributed by atoms with Gasteiger partial charge in [0.25, 0.3) is 0 Å². The molecule has 0 aromatic carbocycles. The van der Waals surface area contributed by atoms with Crippen LogP contribution in [0.1, 0.15) is 48.6 Å². The molecule has 4 nitrogen and oxygen atoms in total. The first-order chi connectivity index (χ1) is 9.26. The van der Waals surface area contributed by atoms with Gasteiger partial charge in [0.2, 0.25) is 0 Å². The number of ether oxygens (including phenoxy) is 1. The average Bonchev–Trinajstić information content (AvgIpc) is 2.76. The van der Waals surface area contributed by atoms with Crippen molar-refractivity contribution in [3.63, 3.8) is 0 Å². The molecule has 0 unspecified atom stereocenters. The molecule has 1 aromatic heterocycles. The van der Waals surface area contributed by atoms with Crippen molar-refractivity contribution in [2.45, 2.75) is 45.4 Å². The number of anilines is 1. The molecule has 5 heteroatoms. The lowest BCUT2D eigenvalue weighted by molar-refractivity contribution is 0.160. The molecule has 1 heterocycles. The lowest BCUT2D eigenvalue weighted by atomic mass is 9.96. The van der Waals surface area contributed by atoms with Crippen LogP contribution in [0.4, 0.5) is 9.80 Å². The molecular weight excluding hydrogens is 260 g/mol. The summed E-state index contributed by atoms with van der Waals surface area (Å²) in [6, 6.07) is 2.22. The van der Waals surface area contributed by atoms with Crippen molar-refractivity contribution < 1.29 is 9.53 Å². The van der Waals surface area contributed by atoms with Crippen molar-refractivity contribution in [1.82, 2.24) is 0 Å². The molecule has 19 heavy (non-hydrogen) atoms. The average molecular weight is 278 g/mol. The van der Waals surface area contributed by atoms with Gasteiger partial charge in [-0.25, -0.2) is 4.79 Å². The number of unbranched alkanes of at least 4 members (excludes halogenated alkanes) is 1. The van der Waals surface area contributed by atoms with Crippen molar-refractivity contribution in [3.8, 4) is 6.07 Å². The third kappa shape index (κ3) is 3.27. The van der Waals surface area contributed by atoms with E-state index in [9.17, 15) is 10.1 Å². The first-order valence-electron chi connectivity index (χ1n) is 6.74. The van der Waals surface area contributed by atoms with Crippen molar-refractivity contribution in [1.29, 1.82) is 5.26 Å². The number of nitriles is 1. The number of carbonyl (C=O) groups is 1. The Labute approximate surface area is 117 Å². The number of fused-ring (bicyclic) bond motifs is 1. The smallest absolute Gasteiger partial charge is 0.412 e. The van der Waals surface area contributed by atoms with Gasteiger partial charge in [-0.15, -0.1) is 11.3 Å². The van der Waals surface area contributed by atoms with E-state index in [2.05, 4.69) is 11.4 Å². The van der Waals surface area contributed by atoms with E-state index >= 15 is 0 Å².